The van der Waals surface area contributed by atoms with Crippen LogP contribution in [0.25, 0.3) is 0 Å². The Hall–Kier alpha value is -2.16. The summed E-state index contributed by atoms with van der Waals surface area (Å²) in [7, 11) is 2.79. The number of carbonyl (C=O) groups excluding carboxylic acids is 2. The zero-order valence-corrected chi connectivity index (χ0v) is 14.8. The Bertz CT molecular complexity index is 678. The van der Waals surface area contributed by atoms with Crippen molar-refractivity contribution in [2.24, 2.45) is 0 Å². The molecule has 1 fully saturated rings. The van der Waals surface area contributed by atoms with Gasteiger partial charge in [-0.1, -0.05) is 0 Å². The van der Waals surface area contributed by atoms with Crippen LogP contribution < -0.4 is 10.1 Å². The maximum absolute atomic E-state index is 11.7. The Kier molecular flexibility index (Phi) is 5.75. The molecule has 8 nitrogen and oxygen atoms in total. The van der Waals surface area contributed by atoms with Crippen molar-refractivity contribution in [1.82, 2.24) is 0 Å². The Labute approximate surface area is 151 Å². The minimum absolute atomic E-state index is 0.0265. The van der Waals surface area contributed by atoms with Crippen molar-refractivity contribution in [2.45, 2.75) is 37.1 Å². The number of aliphatic hydroxyl groups excluding tert-OH is 1. The number of ether oxygens (including phenoxy) is 4. The molecular formula is C18H23NO7. The van der Waals surface area contributed by atoms with Gasteiger partial charge >= 0.3 is 5.97 Å². The SMILES string of the molecule is COCC(=O)Nc1ccc2c(c1)[C@@H]1C[C@@H](CC(=O)OC)O[C@@H](CO)[C@@H]1O2. The summed E-state index contributed by atoms with van der Waals surface area (Å²) in [5.41, 5.74) is 1.58. The fourth-order valence-electron chi connectivity index (χ4n) is 3.56. The van der Waals surface area contributed by atoms with Crippen LogP contribution in [-0.4, -0.2) is 62.7 Å². The van der Waals surface area contributed by atoms with Gasteiger partial charge in [0, 0.05) is 24.3 Å². The Morgan fingerprint density at radius 3 is 2.85 bits per heavy atom. The molecule has 2 N–H and O–H groups in total. The normalized spacial score (nSPS) is 26.4. The number of hydrogen-bond acceptors (Lipinski definition) is 7. The quantitative estimate of drug-likeness (QED) is 0.720. The van der Waals surface area contributed by atoms with Crippen molar-refractivity contribution in [3.05, 3.63) is 23.8 Å². The lowest BCUT2D eigenvalue weighted by atomic mass is 9.84. The standard InChI is InChI=1S/C18H23NO7/c1-23-9-16(21)19-10-3-4-14-12(5-10)13-6-11(7-17(22)24-2)25-15(8-20)18(13)26-14/h3-5,11,13,15,18,20H,6-9H2,1-2H3,(H,19,21)/t11-,13-,15-,18+/m0/s1. The zero-order chi connectivity index (χ0) is 18.7. The van der Waals surface area contributed by atoms with Crippen molar-refractivity contribution in [2.75, 3.05) is 32.8 Å². The Balaban J connectivity index is 1.80. The van der Waals surface area contributed by atoms with E-state index >= 15 is 0 Å². The Morgan fingerprint density at radius 2 is 2.15 bits per heavy atom. The first-order valence-electron chi connectivity index (χ1n) is 8.48. The van der Waals surface area contributed by atoms with Gasteiger partial charge < -0.3 is 29.4 Å². The topological polar surface area (TPSA) is 103 Å². The van der Waals surface area contributed by atoms with Crippen molar-refractivity contribution in [1.29, 1.82) is 0 Å². The van der Waals surface area contributed by atoms with E-state index in [1.54, 1.807) is 12.1 Å². The number of esters is 1. The summed E-state index contributed by atoms with van der Waals surface area (Å²) >= 11 is 0. The number of nitrogens with one attached hydrogen (secondary N) is 1. The molecule has 0 bridgehead atoms. The predicted octanol–water partition coefficient (Wildman–Crippen LogP) is 0.829. The smallest absolute Gasteiger partial charge is 0.308 e. The molecule has 0 aliphatic carbocycles. The fourth-order valence-corrected chi connectivity index (χ4v) is 3.56. The maximum atomic E-state index is 11.7. The molecule has 1 aromatic carbocycles. The van der Waals surface area contributed by atoms with E-state index in [2.05, 4.69) is 5.32 Å². The van der Waals surface area contributed by atoms with Crippen LogP contribution in [0.1, 0.15) is 24.3 Å². The number of benzene rings is 1. The molecule has 2 aliphatic heterocycles. The van der Waals surface area contributed by atoms with Gasteiger partial charge in [0.1, 0.15) is 24.6 Å². The molecule has 4 atom stereocenters. The van der Waals surface area contributed by atoms with Crippen molar-refractivity contribution < 1.29 is 33.6 Å². The molecule has 0 unspecified atom stereocenters. The number of carbonyl (C=O) groups is 2. The molecule has 0 radical (unpaired) electrons. The molecule has 142 valence electrons. The molecule has 1 amide bonds. The van der Waals surface area contributed by atoms with Crippen LogP contribution in [0.4, 0.5) is 5.69 Å². The van der Waals surface area contributed by atoms with Gasteiger partial charge in [-0.05, 0) is 24.6 Å². The first-order valence-corrected chi connectivity index (χ1v) is 8.48. The highest BCUT2D eigenvalue weighted by Gasteiger charge is 2.46. The number of fused-ring (bicyclic) bond motifs is 3. The third-order valence-corrected chi connectivity index (χ3v) is 4.68. The van der Waals surface area contributed by atoms with E-state index in [0.29, 0.717) is 17.9 Å². The Morgan fingerprint density at radius 1 is 1.35 bits per heavy atom. The van der Waals surface area contributed by atoms with Gasteiger partial charge in [0.05, 0.1) is 26.2 Å². The summed E-state index contributed by atoms with van der Waals surface area (Å²) in [5.74, 6) is 0.0619. The molecule has 0 aromatic heterocycles. The summed E-state index contributed by atoms with van der Waals surface area (Å²) < 4.78 is 21.3. The second-order valence-corrected chi connectivity index (χ2v) is 6.42. The van der Waals surface area contributed by atoms with E-state index in [-0.39, 0.29) is 49.6 Å². The lowest BCUT2D eigenvalue weighted by Crippen LogP contribution is -2.46. The average molecular weight is 365 g/mol. The second kappa shape index (κ2) is 8.03. The summed E-state index contributed by atoms with van der Waals surface area (Å²) in [6, 6.07) is 5.41. The summed E-state index contributed by atoms with van der Waals surface area (Å²) in [6.45, 7) is -0.231. The van der Waals surface area contributed by atoms with Crippen molar-refractivity contribution >= 4 is 17.6 Å². The van der Waals surface area contributed by atoms with Crippen LogP contribution in [-0.2, 0) is 23.8 Å². The van der Waals surface area contributed by atoms with Gasteiger partial charge in [0.25, 0.3) is 0 Å². The molecule has 1 aromatic rings. The van der Waals surface area contributed by atoms with Crippen LogP contribution in [0.5, 0.6) is 5.75 Å². The third kappa shape index (κ3) is 3.82. The summed E-state index contributed by atoms with van der Waals surface area (Å²) in [4.78, 5) is 23.3. The second-order valence-electron chi connectivity index (χ2n) is 6.42. The number of methoxy groups -OCH3 is 2. The number of anilines is 1. The number of rotatable bonds is 6. The lowest BCUT2D eigenvalue weighted by molar-refractivity contribution is -0.156. The largest absolute Gasteiger partial charge is 0.487 e. The molecule has 2 heterocycles. The van der Waals surface area contributed by atoms with E-state index in [1.165, 1.54) is 14.2 Å². The first-order chi connectivity index (χ1) is 12.5. The highest BCUT2D eigenvalue weighted by atomic mass is 16.6. The number of aliphatic hydroxyl groups is 1. The van der Waals surface area contributed by atoms with E-state index in [4.69, 9.17) is 18.9 Å². The van der Waals surface area contributed by atoms with Crippen LogP contribution in [0.3, 0.4) is 0 Å². The predicted molar refractivity (Wildman–Crippen MR) is 91.1 cm³/mol. The van der Waals surface area contributed by atoms with Crippen LogP contribution in [0.15, 0.2) is 18.2 Å². The summed E-state index contributed by atoms with van der Waals surface area (Å²) in [6.07, 6.45) is -0.521. The fraction of sp³-hybridized carbons (Fsp3) is 0.556. The molecule has 0 saturated carbocycles. The molecule has 1 saturated heterocycles. The molecule has 8 heteroatoms. The maximum Gasteiger partial charge on any atom is 0.308 e. The van der Waals surface area contributed by atoms with Gasteiger partial charge in [0.2, 0.25) is 5.91 Å². The highest BCUT2D eigenvalue weighted by Crippen LogP contribution is 2.47. The van der Waals surface area contributed by atoms with Crippen LogP contribution in [0, 0.1) is 0 Å². The van der Waals surface area contributed by atoms with Gasteiger partial charge in [-0.15, -0.1) is 0 Å². The lowest BCUT2D eigenvalue weighted by Gasteiger charge is -2.36. The summed E-state index contributed by atoms with van der Waals surface area (Å²) in [5, 5.41) is 12.4. The monoisotopic (exact) mass is 365 g/mol. The molecule has 26 heavy (non-hydrogen) atoms. The van der Waals surface area contributed by atoms with E-state index in [1.807, 2.05) is 6.07 Å². The van der Waals surface area contributed by atoms with E-state index in [9.17, 15) is 14.7 Å². The average Bonchev–Trinajstić information content (AvgIpc) is 2.99. The van der Waals surface area contributed by atoms with Crippen molar-refractivity contribution in [3.8, 4) is 5.75 Å². The van der Waals surface area contributed by atoms with E-state index < -0.39 is 6.10 Å². The minimum Gasteiger partial charge on any atom is -0.487 e. The van der Waals surface area contributed by atoms with Crippen molar-refractivity contribution in [3.63, 3.8) is 0 Å². The van der Waals surface area contributed by atoms with Crippen LogP contribution >= 0.6 is 0 Å². The molecular weight excluding hydrogens is 342 g/mol. The molecule has 2 aliphatic rings. The van der Waals surface area contributed by atoms with Gasteiger partial charge in [-0.3, -0.25) is 9.59 Å². The number of hydrogen-bond donors (Lipinski definition) is 2. The van der Waals surface area contributed by atoms with Gasteiger partial charge in [0.15, 0.2) is 0 Å². The van der Waals surface area contributed by atoms with E-state index in [0.717, 1.165) is 5.56 Å². The number of amides is 1. The van der Waals surface area contributed by atoms with Gasteiger partial charge in [-0.25, -0.2) is 0 Å². The molecule has 0 spiro atoms. The third-order valence-electron chi connectivity index (χ3n) is 4.68. The van der Waals surface area contributed by atoms with Crippen LogP contribution in [0.2, 0.25) is 0 Å². The first kappa shape index (κ1) is 18.6. The zero-order valence-electron chi connectivity index (χ0n) is 14.8. The highest BCUT2D eigenvalue weighted by molar-refractivity contribution is 5.91. The van der Waals surface area contributed by atoms with Gasteiger partial charge in [-0.2, -0.15) is 0 Å². The molecule has 3 rings (SSSR count). The minimum atomic E-state index is -0.526.